The van der Waals surface area contributed by atoms with Crippen LogP contribution < -0.4 is 0 Å². The molecule has 0 amide bonds. The molecule has 2 aromatic rings. The van der Waals surface area contributed by atoms with Crippen LogP contribution in [0.2, 0.25) is 0 Å². The lowest BCUT2D eigenvalue weighted by molar-refractivity contribution is 0.0655. The average Bonchev–Trinajstić information content (AvgIpc) is 2.84. The van der Waals surface area contributed by atoms with Crippen molar-refractivity contribution in [2.24, 2.45) is 0 Å². The Kier molecular flexibility index (Phi) is 2.77. The molecule has 0 saturated carbocycles. The van der Waals surface area contributed by atoms with Gasteiger partial charge in [-0.2, -0.15) is 0 Å². The summed E-state index contributed by atoms with van der Waals surface area (Å²) < 4.78 is 10.3. The molecule has 90 valence electrons. The number of carboxylic acid groups (broad SMARTS) is 1. The number of furan rings is 2. The zero-order valence-electron chi connectivity index (χ0n) is 9.43. The van der Waals surface area contributed by atoms with Gasteiger partial charge < -0.3 is 19.0 Å². The standard InChI is InChI=1S/C12H12O5/c1-6-5-8(7(2)16-6)11(13)9-3-4-10(17-9)12(14)15/h3-5,11,13H,1-2H3,(H,14,15). The van der Waals surface area contributed by atoms with Crippen LogP contribution in [0.15, 0.2) is 27.0 Å². The lowest BCUT2D eigenvalue weighted by Crippen LogP contribution is -1.98. The fraction of sp³-hybridized carbons (Fsp3) is 0.250. The first-order chi connectivity index (χ1) is 7.99. The molecule has 0 aliphatic carbocycles. The van der Waals surface area contributed by atoms with Crippen LogP contribution in [0.3, 0.4) is 0 Å². The van der Waals surface area contributed by atoms with E-state index in [-0.39, 0.29) is 11.5 Å². The van der Waals surface area contributed by atoms with Crippen molar-refractivity contribution in [1.29, 1.82) is 0 Å². The van der Waals surface area contributed by atoms with Crippen molar-refractivity contribution in [3.05, 3.63) is 46.8 Å². The predicted octanol–water partition coefficient (Wildman–Crippen LogP) is 2.27. The zero-order chi connectivity index (χ0) is 12.6. The Balaban J connectivity index is 2.33. The summed E-state index contributed by atoms with van der Waals surface area (Å²) >= 11 is 0. The van der Waals surface area contributed by atoms with Crippen LogP contribution in [-0.4, -0.2) is 16.2 Å². The molecular formula is C12H12O5. The molecular weight excluding hydrogens is 224 g/mol. The largest absolute Gasteiger partial charge is 0.475 e. The third-order valence-corrected chi connectivity index (χ3v) is 2.48. The Morgan fingerprint density at radius 1 is 1.29 bits per heavy atom. The summed E-state index contributed by atoms with van der Waals surface area (Å²) in [6.45, 7) is 3.50. The van der Waals surface area contributed by atoms with E-state index in [4.69, 9.17) is 13.9 Å². The van der Waals surface area contributed by atoms with Crippen molar-refractivity contribution in [1.82, 2.24) is 0 Å². The van der Waals surface area contributed by atoms with Gasteiger partial charge in [0.05, 0.1) is 0 Å². The maximum Gasteiger partial charge on any atom is 0.371 e. The molecule has 5 nitrogen and oxygen atoms in total. The molecule has 2 heterocycles. The zero-order valence-corrected chi connectivity index (χ0v) is 9.43. The molecule has 2 aromatic heterocycles. The van der Waals surface area contributed by atoms with Gasteiger partial charge in [-0.3, -0.25) is 0 Å². The second kappa shape index (κ2) is 4.10. The highest BCUT2D eigenvalue weighted by molar-refractivity contribution is 5.84. The molecule has 0 bridgehead atoms. The smallest absolute Gasteiger partial charge is 0.371 e. The summed E-state index contributed by atoms with van der Waals surface area (Å²) in [5.74, 6) is 0.0941. The Hall–Kier alpha value is -2.01. The number of aliphatic hydroxyl groups is 1. The van der Waals surface area contributed by atoms with E-state index in [0.717, 1.165) is 0 Å². The summed E-state index contributed by atoms with van der Waals surface area (Å²) in [6.07, 6.45) is -1.01. The molecule has 0 spiro atoms. The molecule has 17 heavy (non-hydrogen) atoms. The van der Waals surface area contributed by atoms with E-state index >= 15 is 0 Å². The van der Waals surface area contributed by atoms with E-state index in [1.165, 1.54) is 12.1 Å². The Labute approximate surface area is 97.3 Å². The van der Waals surface area contributed by atoms with E-state index in [1.54, 1.807) is 19.9 Å². The molecule has 2 rings (SSSR count). The maximum absolute atomic E-state index is 10.7. The van der Waals surface area contributed by atoms with Crippen LogP contribution >= 0.6 is 0 Å². The monoisotopic (exact) mass is 236 g/mol. The van der Waals surface area contributed by atoms with Gasteiger partial charge in [0.25, 0.3) is 0 Å². The van der Waals surface area contributed by atoms with Crippen molar-refractivity contribution >= 4 is 5.97 Å². The summed E-state index contributed by atoms with van der Waals surface area (Å²) in [4.78, 5) is 10.7. The summed E-state index contributed by atoms with van der Waals surface area (Å²) in [6, 6.07) is 4.45. The topological polar surface area (TPSA) is 83.8 Å². The van der Waals surface area contributed by atoms with Gasteiger partial charge >= 0.3 is 5.97 Å². The minimum Gasteiger partial charge on any atom is -0.475 e. The number of carbonyl (C=O) groups is 1. The first-order valence-electron chi connectivity index (χ1n) is 5.07. The molecule has 0 saturated heterocycles. The summed E-state index contributed by atoms with van der Waals surface area (Å²) in [7, 11) is 0. The van der Waals surface area contributed by atoms with Crippen molar-refractivity contribution in [2.45, 2.75) is 20.0 Å². The van der Waals surface area contributed by atoms with Crippen LogP contribution in [-0.2, 0) is 0 Å². The Morgan fingerprint density at radius 2 is 2.00 bits per heavy atom. The molecule has 1 atom stereocenters. The third kappa shape index (κ3) is 2.09. The normalized spacial score (nSPS) is 12.6. The highest BCUT2D eigenvalue weighted by Gasteiger charge is 2.21. The maximum atomic E-state index is 10.7. The number of aryl methyl sites for hydroxylation is 2. The number of hydrogen-bond donors (Lipinski definition) is 2. The SMILES string of the molecule is Cc1cc(C(O)c2ccc(C(=O)O)o2)c(C)o1. The van der Waals surface area contributed by atoms with Gasteiger partial charge in [0.15, 0.2) is 0 Å². The van der Waals surface area contributed by atoms with Crippen LogP contribution in [0.5, 0.6) is 0 Å². The van der Waals surface area contributed by atoms with E-state index in [9.17, 15) is 9.90 Å². The minimum atomic E-state index is -1.16. The molecule has 1 unspecified atom stereocenters. The average molecular weight is 236 g/mol. The van der Waals surface area contributed by atoms with Crippen molar-refractivity contribution in [3.8, 4) is 0 Å². The van der Waals surface area contributed by atoms with Crippen LogP contribution in [0.1, 0.15) is 39.5 Å². The third-order valence-electron chi connectivity index (χ3n) is 2.48. The predicted molar refractivity (Wildman–Crippen MR) is 57.9 cm³/mol. The molecule has 0 aliphatic heterocycles. The highest BCUT2D eigenvalue weighted by Crippen LogP contribution is 2.28. The molecule has 0 radical (unpaired) electrons. The fourth-order valence-electron chi connectivity index (χ4n) is 1.69. The Morgan fingerprint density at radius 3 is 2.47 bits per heavy atom. The number of hydrogen-bond acceptors (Lipinski definition) is 4. The first-order valence-corrected chi connectivity index (χ1v) is 5.07. The second-order valence-electron chi connectivity index (χ2n) is 3.78. The van der Waals surface area contributed by atoms with Gasteiger partial charge in [-0.15, -0.1) is 0 Å². The summed E-state index contributed by atoms with van der Waals surface area (Å²) in [5.41, 5.74) is 0.578. The summed E-state index contributed by atoms with van der Waals surface area (Å²) in [5, 5.41) is 18.7. The van der Waals surface area contributed by atoms with E-state index in [1.807, 2.05) is 0 Å². The lowest BCUT2D eigenvalue weighted by Gasteiger charge is -2.05. The molecule has 0 aromatic carbocycles. The molecule has 0 aliphatic rings. The Bertz CT molecular complexity index is 549. The molecule has 5 heteroatoms. The van der Waals surface area contributed by atoms with Crippen molar-refractivity contribution in [2.75, 3.05) is 0 Å². The second-order valence-corrected chi connectivity index (χ2v) is 3.78. The van der Waals surface area contributed by atoms with E-state index < -0.39 is 12.1 Å². The number of carboxylic acids is 1. The lowest BCUT2D eigenvalue weighted by atomic mass is 10.1. The van der Waals surface area contributed by atoms with Gasteiger partial charge in [0.2, 0.25) is 5.76 Å². The van der Waals surface area contributed by atoms with Crippen LogP contribution in [0.4, 0.5) is 0 Å². The molecule has 0 fully saturated rings. The first kappa shape index (κ1) is 11.5. The van der Waals surface area contributed by atoms with Gasteiger partial charge in [-0.05, 0) is 32.0 Å². The molecule has 2 N–H and O–H groups in total. The van der Waals surface area contributed by atoms with E-state index in [2.05, 4.69) is 0 Å². The van der Waals surface area contributed by atoms with Crippen molar-refractivity contribution in [3.63, 3.8) is 0 Å². The van der Waals surface area contributed by atoms with Gasteiger partial charge in [-0.1, -0.05) is 0 Å². The highest BCUT2D eigenvalue weighted by atomic mass is 16.4. The van der Waals surface area contributed by atoms with Crippen LogP contribution in [0, 0.1) is 13.8 Å². The van der Waals surface area contributed by atoms with Crippen molar-refractivity contribution < 1.29 is 23.8 Å². The quantitative estimate of drug-likeness (QED) is 0.853. The van der Waals surface area contributed by atoms with Crippen LogP contribution in [0.25, 0.3) is 0 Å². The number of aromatic carboxylic acids is 1. The minimum absolute atomic E-state index is 0.186. The van der Waals surface area contributed by atoms with Gasteiger partial charge in [0.1, 0.15) is 23.4 Å². The number of rotatable bonds is 3. The fourth-order valence-corrected chi connectivity index (χ4v) is 1.69. The van der Waals surface area contributed by atoms with E-state index in [0.29, 0.717) is 17.1 Å². The van der Waals surface area contributed by atoms with Gasteiger partial charge in [-0.25, -0.2) is 4.79 Å². The number of aliphatic hydroxyl groups excluding tert-OH is 1. The van der Waals surface area contributed by atoms with Gasteiger partial charge in [0, 0.05) is 5.56 Å².